The lowest BCUT2D eigenvalue weighted by Crippen LogP contribution is -2.68. The zero-order valence-corrected chi connectivity index (χ0v) is 14.1. The molecule has 0 saturated carbocycles. The van der Waals surface area contributed by atoms with Crippen LogP contribution in [0.4, 0.5) is 17.1 Å². The molecule has 0 N–H and O–H groups in total. The number of carbonyl (C=O) groups is 1. The van der Waals surface area contributed by atoms with Gasteiger partial charge in [-0.25, -0.2) is 0 Å². The van der Waals surface area contributed by atoms with E-state index in [0.717, 1.165) is 12.0 Å². The molecule has 1 spiro atoms. The largest absolute Gasteiger partial charge is 0.363 e. The Hall–Kier alpha value is -3.33. The van der Waals surface area contributed by atoms with E-state index in [1.165, 1.54) is 41.3 Å². The van der Waals surface area contributed by atoms with Gasteiger partial charge in [0.15, 0.2) is 5.60 Å². The zero-order valence-electron chi connectivity index (χ0n) is 14.1. The minimum Gasteiger partial charge on any atom is -0.363 e. The van der Waals surface area contributed by atoms with Gasteiger partial charge in [-0.3, -0.25) is 29.9 Å². The van der Waals surface area contributed by atoms with Crippen molar-refractivity contribution in [3.8, 4) is 0 Å². The summed E-state index contributed by atoms with van der Waals surface area (Å²) in [6.45, 7) is 0.476. The summed E-state index contributed by atoms with van der Waals surface area (Å²) in [7, 11) is 0. The third kappa shape index (κ3) is 2.55. The van der Waals surface area contributed by atoms with Crippen molar-refractivity contribution in [2.75, 3.05) is 11.5 Å². The van der Waals surface area contributed by atoms with Gasteiger partial charge in [0.2, 0.25) is 0 Å². The van der Waals surface area contributed by atoms with Gasteiger partial charge in [-0.05, 0) is 42.7 Å². The number of nitrogens with zero attached hydrogens (tertiary/aromatic N) is 3. The SMILES string of the molecule is O=C1N(c2ccc([N+](=O)[O-])cc2)[C@H](c2ccc([N+](=O)[O-])cc2)[C@]12CCCO2. The van der Waals surface area contributed by atoms with Gasteiger partial charge in [-0.1, -0.05) is 0 Å². The molecule has 9 nitrogen and oxygen atoms in total. The Balaban J connectivity index is 1.72. The molecule has 2 fully saturated rings. The quantitative estimate of drug-likeness (QED) is 0.464. The Morgan fingerprint density at radius 2 is 1.52 bits per heavy atom. The molecule has 2 heterocycles. The van der Waals surface area contributed by atoms with Crippen LogP contribution in [0.3, 0.4) is 0 Å². The summed E-state index contributed by atoms with van der Waals surface area (Å²) in [6.07, 6.45) is 1.32. The van der Waals surface area contributed by atoms with E-state index < -0.39 is 21.5 Å². The number of nitro groups is 2. The first kappa shape index (κ1) is 17.1. The van der Waals surface area contributed by atoms with Gasteiger partial charge < -0.3 is 4.74 Å². The van der Waals surface area contributed by atoms with Crippen LogP contribution in [-0.4, -0.2) is 28.0 Å². The molecular formula is C18H15N3O6. The summed E-state index contributed by atoms with van der Waals surface area (Å²) in [4.78, 5) is 35.2. The zero-order chi connectivity index (χ0) is 19.2. The summed E-state index contributed by atoms with van der Waals surface area (Å²) in [5, 5.41) is 21.8. The van der Waals surface area contributed by atoms with Crippen LogP contribution in [-0.2, 0) is 9.53 Å². The topological polar surface area (TPSA) is 116 Å². The summed E-state index contributed by atoms with van der Waals surface area (Å²) >= 11 is 0. The van der Waals surface area contributed by atoms with Crippen LogP contribution in [0.5, 0.6) is 0 Å². The standard InChI is InChI=1S/C18H15N3O6/c22-17-18(10-1-11-27-18)16(12-2-4-14(5-3-12)20(23)24)19(17)13-6-8-15(9-7-13)21(25)26/h2-9,16H,1,10-11H2/t16-,18-/m1/s1. The number of carbonyl (C=O) groups excluding carboxylic acids is 1. The van der Waals surface area contributed by atoms with Crippen LogP contribution in [0.25, 0.3) is 0 Å². The van der Waals surface area contributed by atoms with Crippen LogP contribution in [0.15, 0.2) is 48.5 Å². The average molecular weight is 369 g/mol. The van der Waals surface area contributed by atoms with Crippen LogP contribution in [0.1, 0.15) is 24.4 Å². The number of rotatable bonds is 4. The number of hydrogen-bond acceptors (Lipinski definition) is 6. The predicted octanol–water partition coefficient (Wildman–Crippen LogP) is 3.14. The van der Waals surface area contributed by atoms with Crippen molar-refractivity contribution in [2.24, 2.45) is 0 Å². The van der Waals surface area contributed by atoms with Gasteiger partial charge >= 0.3 is 0 Å². The number of ether oxygens (including phenoxy) is 1. The van der Waals surface area contributed by atoms with Gasteiger partial charge in [-0.2, -0.15) is 0 Å². The molecule has 2 aliphatic rings. The summed E-state index contributed by atoms with van der Waals surface area (Å²) in [5.41, 5.74) is 0.173. The Kier molecular flexibility index (Phi) is 3.88. The van der Waals surface area contributed by atoms with E-state index in [2.05, 4.69) is 0 Å². The fourth-order valence-corrected chi connectivity index (χ4v) is 3.82. The molecule has 0 radical (unpaired) electrons. The first-order valence-electron chi connectivity index (χ1n) is 8.40. The Labute approximate surface area is 153 Å². The number of anilines is 1. The number of hydrogen-bond donors (Lipinski definition) is 0. The lowest BCUT2D eigenvalue weighted by Gasteiger charge is -2.53. The molecule has 0 aromatic heterocycles. The van der Waals surface area contributed by atoms with E-state index in [1.807, 2.05) is 0 Å². The van der Waals surface area contributed by atoms with Crippen molar-refractivity contribution < 1.29 is 19.4 Å². The average Bonchev–Trinajstić information content (AvgIpc) is 3.18. The first-order valence-corrected chi connectivity index (χ1v) is 8.40. The minimum absolute atomic E-state index is 0.0346. The van der Waals surface area contributed by atoms with E-state index >= 15 is 0 Å². The molecule has 2 atom stereocenters. The molecule has 4 rings (SSSR count). The monoisotopic (exact) mass is 369 g/mol. The van der Waals surface area contributed by atoms with Gasteiger partial charge in [0.05, 0.1) is 9.85 Å². The van der Waals surface area contributed by atoms with E-state index in [1.54, 1.807) is 12.1 Å². The summed E-state index contributed by atoms with van der Waals surface area (Å²) < 4.78 is 5.81. The van der Waals surface area contributed by atoms with Crippen molar-refractivity contribution in [2.45, 2.75) is 24.5 Å². The third-order valence-electron chi connectivity index (χ3n) is 5.09. The lowest BCUT2D eigenvalue weighted by molar-refractivity contribution is -0.385. The Morgan fingerprint density at radius 1 is 0.963 bits per heavy atom. The van der Waals surface area contributed by atoms with Crippen LogP contribution >= 0.6 is 0 Å². The molecule has 9 heteroatoms. The van der Waals surface area contributed by atoms with E-state index in [-0.39, 0.29) is 17.3 Å². The van der Waals surface area contributed by atoms with Crippen molar-refractivity contribution in [3.05, 3.63) is 74.3 Å². The fourth-order valence-electron chi connectivity index (χ4n) is 3.82. The molecule has 2 aromatic carbocycles. The third-order valence-corrected chi connectivity index (χ3v) is 5.09. The summed E-state index contributed by atoms with van der Waals surface area (Å²) in [5.74, 6) is -0.197. The van der Waals surface area contributed by atoms with E-state index in [0.29, 0.717) is 18.7 Å². The van der Waals surface area contributed by atoms with Crippen LogP contribution in [0, 0.1) is 20.2 Å². The molecular weight excluding hydrogens is 354 g/mol. The van der Waals surface area contributed by atoms with Gasteiger partial charge in [0.1, 0.15) is 6.04 Å². The smallest absolute Gasteiger partial charge is 0.269 e. The van der Waals surface area contributed by atoms with Gasteiger partial charge in [0, 0.05) is 36.6 Å². The molecule has 2 aliphatic heterocycles. The number of β-lactam (4-membered cyclic amide) rings is 1. The second-order valence-corrected chi connectivity index (χ2v) is 6.54. The Bertz CT molecular complexity index is 919. The van der Waals surface area contributed by atoms with Gasteiger partial charge in [0.25, 0.3) is 17.3 Å². The highest BCUT2D eigenvalue weighted by Crippen LogP contribution is 2.53. The van der Waals surface area contributed by atoms with Gasteiger partial charge in [-0.15, -0.1) is 0 Å². The maximum absolute atomic E-state index is 12.9. The van der Waals surface area contributed by atoms with Crippen molar-refractivity contribution >= 4 is 23.0 Å². The van der Waals surface area contributed by atoms with Crippen molar-refractivity contribution in [1.29, 1.82) is 0 Å². The minimum atomic E-state index is -0.974. The van der Waals surface area contributed by atoms with Crippen LogP contribution < -0.4 is 4.90 Å². The number of nitro benzene ring substituents is 2. The normalized spacial score (nSPS) is 24.1. The Morgan fingerprint density at radius 3 is 2.00 bits per heavy atom. The van der Waals surface area contributed by atoms with Crippen molar-refractivity contribution in [1.82, 2.24) is 0 Å². The predicted molar refractivity (Wildman–Crippen MR) is 94.3 cm³/mol. The molecule has 27 heavy (non-hydrogen) atoms. The molecule has 2 saturated heterocycles. The number of amides is 1. The molecule has 1 amide bonds. The van der Waals surface area contributed by atoms with Crippen LogP contribution in [0.2, 0.25) is 0 Å². The van der Waals surface area contributed by atoms with Crippen molar-refractivity contribution in [3.63, 3.8) is 0 Å². The summed E-state index contributed by atoms with van der Waals surface area (Å²) in [6, 6.07) is 11.3. The highest BCUT2D eigenvalue weighted by Gasteiger charge is 2.64. The second kappa shape index (κ2) is 6.13. The number of benzene rings is 2. The highest BCUT2D eigenvalue weighted by atomic mass is 16.6. The highest BCUT2D eigenvalue weighted by molar-refractivity contribution is 6.08. The first-order chi connectivity index (χ1) is 12.9. The molecule has 0 aliphatic carbocycles. The second-order valence-electron chi connectivity index (χ2n) is 6.54. The maximum Gasteiger partial charge on any atom is 0.269 e. The molecule has 2 aromatic rings. The molecule has 138 valence electrons. The van der Waals surface area contributed by atoms with E-state index in [9.17, 15) is 25.0 Å². The van der Waals surface area contributed by atoms with E-state index in [4.69, 9.17) is 4.74 Å². The maximum atomic E-state index is 12.9. The fraction of sp³-hybridized carbons (Fsp3) is 0.278. The number of non-ortho nitro benzene ring substituents is 2. The molecule has 0 bridgehead atoms. The molecule has 0 unspecified atom stereocenters. The lowest BCUT2D eigenvalue weighted by atomic mass is 9.75.